The summed E-state index contributed by atoms with van der Waals surface area (Å²) in [5.74, 6) is -0.419. The van der Waals surface area contributed by atoms with E-state index in [2.05, 4.69) is 41.5 Å². The van der Waals surface area contributed by atoms with Gasteiger partial charge in [0, 0.05) is 25.7 Å². The van der Waals surface area contributed by atoms with Gasteiger partial charge in [-0.1, -0.05) is 401 Å². The van der Waals surface area contributed by atoms with Crippen LogP contribution in [0.1, 0.15) is 452 Å². The van der Waals surface area contributed by atoms with Crippen molar-refractivity contribution in [2.24, 2.45) is 11.8 Å². The van der Waals surface area contributed by atoms with Crippen molar-refractivity contribution in [2.75, 3.05) is 39.6 Å². The molecule has 17 nitrogen and oxygen atoms in total. The molecule has 0 saturated heterocycles. The number of esters is 4. The molecule has 3 N–H and O–H groups in total. The zero-order valence-electron chi connectivity index (χ0n) is 68.3. The van der Waals surface area contributed by atoms with Gasteiger partial charge in [0.1, 0.15) is 19.3 Å². The lowest BCUT2D eigenvalue weighted by molar-refractivity contribution is -0.161. The van der Waals surface area contributed by atoms with Crippen molar-refractivity contribution < 1.29 is 80.2 Å². The van der Waals surface area contributed by atoms with Gasteiger partial charge in [0.25, 0.3) is 0 Å². The second-order valence-electron chi connectivity index (χ2n) is 31.3. The molecule has 0 aliphatic carbocycles. The van der Waals surface area contributed by atoms with Crippen LogP contribution in [0.2, 0.25) is 0 Å². The fraction of sp³-hybridized carbons (Fsp3) is 0.953. The Morgan fingerprint density at radius 2 is 0.490 bits per heavy atom. The minimum absolute atomic E-state index is 0.108. The Kier molecular flexibility index (Phi) is 75.0. The maximum Gasteiger partial charge on any atom is 0.472 e. The maximum atomic E-state index is 13.1. The van der Waals surface area contributed by atoms with Crippen molar-refractivity contribution in [3.8, 4) is 0 Å². The highest BCUT2D eigenvalue weighted by atomic mass is 31.2. The van der Waals surface area contributed by atoms with Crippen LogP contribution in [-0.2, 0) is 65.4 Å². The normalized spacial score (nSPS) is 14.1. The van der Waals surface area contributed by atoms with Gasteiger partial charge in [0.15, 0.2) is 12.2 Å². The first kappa shape index (κ1) is 102. The summed E-state index contributed by atoms with van der Waals surface area (Å²) in [4.78, 5) is 73.1. The minimum atomic E-state index is -4.96. The number of aliphatic hydroxyl groups excluding tert-OH is 1. The third-order valence-corrected chi connectivity index (χ3v) is 22.2. The van der Waals surface area contributed by atoms with Gasteiger partial charge < -0.3 is 33.8 Å². The van der Waals surface area contributed by atoms with E-state index in [1.54, 1.807) is 0 Å². The van der Waals surface area contributed by atoms with Crippen molar-refractivity contribution in [2.45, 2.75) is 471 Å². The second kappa shape index (κ2) is 76.4. The van der Waals surface area contributed by atoms with Gasteiger partial charge in [-0.15, -0.1) is 0 Å². The Labute approximate surface area is 638 Å². The summed E-state index contributed by atoms with van der Waals surface area (Å²) in [5, 5.41) is 10.7. The molecule has 0 aromatic carbocycles. The van der Waals surface area contributed by atoms with E-state index in [0.29, 0.717) is 25.7 Å². The molecule has 618 valence electrons. The van der Waals surface area contributed by atoms with Crippen molar-refractivity contribution in [3.63, 3.8) is 0 Å². The van der Waals surface area contributed by atoms with E-state index in [1.165, 1.54) is 270 Å². The number of unbranched alkanes of at least 4 members (excludes halogenated alkanes) is 53. The first-order valence-electron chi connectivity index (χ1n) is 44.0. The number of aliphatic hydroxyl groups is 1. The first-order valence-corrected chi connectivity index (χ1v) is 47.0. The van der Waals surface area contributed by atoms with E-state index < -0.39 is 97.5 Å². The standard InChI is InChI=1S/C85H166O17P2/c1-7-10-12-14-16-18-20-31-39-45-51-57-63-69-84(89)101-80(73-95-82(87)67-61-55-49-43-19-17-15-13-11-8-2)75-99-103(91,92)97-71-79(86)72-98-104(93,94)100-76-81(74-96-83(88)68-62-56-50-44-38-34-29-26-25-27-32-36-41-47-53-59-65-77(4)5)102-85(90)70-64-58-52-46-40-35-30-24-22-21-23-28-33-37-42-48-54-60-66-78(6)9-3/h77-81,86H,7-76H2,1-6H3,(H,91,92)(H,93,94)/t78?,79-,80+,81+/m0/s1. The predicted molar refractivity (Wildman–Crippen MR) is 428 cm³/mol. The molecule has 0 heterocycles. The van der Waals surface area contributed by atoms with Crippen LogP contribution >= 0.6 is 15.6 Å². The van der Waals surface area contributed by atoms with Crippen LogP contribution in [0.3, 0.4) is 0 Å². The molecule has 0 rings (SSSR count). The van der Waals surface area contributed by atoms with Crippen LogP contribution in [0.4, 0.5) is 0 Å². The molecule has 104 heavy (non-hydrogen) atoms. The largest absolute Gasteiger partial charge is 0.472 e. The fourth-order valence-electron chi connectivity index (χ4n) is 13.2. The Morgan fingerprint density at radius 3 is 0.731 bits per heavy atom. The third-order valence-electron chi connectivity index (χ3n) is 20.3. The van der Waals surface area contributed by atoms with Crippen molar-refractivity contribution >= 4 is 39.5 Å². The molecule has 6 atom stereocenters. The SMILES string of the molecule is CCCCCCCCCCCCCCCC(=O)O[C@H](COC(=O)CCCCCCCCCCCC)COP(=O)(O)OC[C@H](O)COP(=O)(O)OC[C@@H](COC(=O)CCCCCCCCCCCCCCCCCCC(C)C)OC(=O)CCCCCCCCCCCCCCCCCCCCC(C)CC. The molecule has 0 saturated carbocycles. The number of rotatable bonds is 84. The molecule has 0 fully saturated rings. The molecule has 0 amide bonds. The van der Waals surface area contributed by atoms with Crippen LogP contribution in [0, 0.1) is 11.8 Å². The van der Waals surface area contributed by atoms with Gasteiger partial charge >= 0.3 is 39.5 Å². The molecule has 0 aromatic rings. The van der Waals surface area contributed by atoms with Crippen molar-refractivity contribution in [1.82, 2.24) is 0 Å². The average Bonchev–Trinajstić information content (AvgIpc) is 0.940. The lowest BCUT2D eigenvalue weighted by Crippen LogP contribution is -2.30. The molecule has 0 spiro atoms. The Hall–Kier alpha value is -1.94. The third kappa shape index (κ3) is 76.8. The highest BCUT2D eigenvalue weighted by Crippen LogP contribution is 2.45. The second-order valence-corrected chi connectivity index (χ2v) is 34.2. The van der Waals surface area contributed by atoms with Crippen LogP contribution in [0.5, 0.6) is 0 Å². The van der Waals surface area contributed by atoms with Gasteiger partial charge in [0.2, 0.25) is 0 Å². The molecule has 0 radical (unpaired) electrons. The minimum Gasteiger partial charge on any atom is -0.462 e. The molecule has 0 aliphatic heterocycles. The molecule has 0 aromatic heterocycles. The van der Waals surface area contributed by atoms with E-state index in [-0.39, 0.29) is 25.7 Å². The summed E-state index contributed by atoms with van der Waals surface area (Å²) < 4.78 is 68.8. The molecule has 19 heteroatoms. The number of carbonyl (C=O) groups excluding carboxylic acids is 4. The van der Waals surface area contributed by atoms with Crippen LogP contribution in [0.15, 0.2) is 0 Å². The van der Waals surface area contributed by atoms with Gasteiger partial charge in [-0.3, -0.25) is 37.3 Å². The van der Waals surface area contributed by atoms with Crippen LogP contribution < -0.4 is 0 Å². The van der Waals surface area contributed by atoms with Gasteiger partial charge in [-0.25, -0.2) is 9.13 Å². The van der Waals surface area contributed by atoms with Crippen LogP contribution in [-0.4, -0.2) is 96.7 Å². The summed E-state index contributed by atoms with van der Waals surface area (Å²) in [6.07, 6.45) is 67.9. The van der Waals surface area contributed by atoms with Gasteiger partial charge in [0.05, 0.1) is 26.4 Å². The number of hydrogen-bond donors (Lipinski definition) is 3. The van der Waals surface area contributed by atoms with Gasteiger partial charge in [-0.05, 0) is 37.5 Å². The number of carbonyl (C=O) groups is 4. The molecular formula is C85H166O17P2. The lowest BCUT2D eigenvalue weighted by Gasteiger charge is -2.21. The molecule has 0 bridgehead atoms. The first-order chi connectivity index (χ1) is 50.4. The summed E-state index contributed by atoms with van der Waals surface area (Å²) in [6.45, 7) is 9.75. The molecule has 0 aliphatic rings. The Balaban J connectivity index is 5.21. The van der Waals surface area contributed by atoms with Gasteiger partial charge in [-0.2, -0.15) is 0 Å². The van der Waals surface area contributed by atoms with E-state index in [0.717, 1.165) is 102 Å². The number of hydrogen-bond acceptors (Lipinski definition) is 15. The molecular weight excluding hydrogens is 1350 g/mol. The Morgan fingerprint density at radius 1 is 0.279 bits per heavy atom. The Bertz CT molecular complexity index is 2000. The van der Waals surface area contributed by atoms with E-state index in [1.807, 2.05) is 0 Å². The zero-order chi connectivity index (χ0) is 76.4. The van der Waals surface area contributed by atoms with E-state index in [4.69, 9.17) is 37.0 Å². The van der Waals surface area contributed by atoms with E-state index in [9.17, 15) is 43.2 Å². The number of ether oxygens (including phenoxy) is 4. The molecule has 3 unspecified atom stereocenters. The average molecular weight is 1520 g/mol. The zero-order valence-corrected chi connectivity index (χ0v) is 70.1. The predicted octanol–water partition coefficient (Wildman–Crippen LogP) is 25.8. The monoisotopic (exact) mass is 1520 g/mol. The fourth-order valence-corrected chi connectivity index (χ4v) is 14.8. The lowest BCUT2D eigenvalue weighted by atomic mass is 9.99. The topological polar surface area (TPSA) is 237 Å². The summed E-state index contributed by atoms with van der Waals surface area (Å²) in [5.41, 5.74) is 0. The highest BCUT2D eigenvalue weighted by Gasteiger charge is 2.30. The maximum absolute atomic E-state index is 13.1. The smallest absolute Gasteiger partial charge is 0.462 e. The quantitative estimate of drug-likeness (QED) is 0.0222. The van der Waals surface area contributed by atoms with Crippen molar-refractivity contribution in [3.05, 3.63) is 0 Å². The van der Waals surface area contributed by atoms with Crippen molar-refractivity contribution in [1.29, 1.82) is 0 Å². The summed E-state index contributed by atoms with van der Waals surface area (Å²) >= 11 is 0. The summed E-state index contributed by atoms with van der Waals surface area (Å²) in [6, 6.07) is 0. The van der Waals surface area contributed by atoms with E-state index >= 15 is 0 Å². The highest BCUT2D eigenvalue weighted by molar-refractivity contribution is 7.47. The number of phosphoric acid groups is 2. The number of phosphoric ester groups is 2. The van der Waals surface area contributed by atoms with Crippen LogP contribution in [0.25, 0.3) is 0 Å². The summed E-state index contributed by atoms with van der Waals surface area (Å²) in [7, 11) is -9.92.